The number of benzene rings is 1. The number of sulfonamides is 1. The van der Waals surface area contributed by atoms with Gasteiger partial charge in [0.05, 0.1) is 11.3 Å². The molecule has 2 rings (SSSR count). The molecule has 18 heavy (non-hydrogen) atoms. The smallest absolute Gasteiger partial charge is 0.242 e. The number of hydrogen-bond donors (Lipinski definition) is 2. The van der Waals surface area contributed by atoms with E-state index in [-0.39, 0.29) is 4.90 Å². The van der Waals surface area contributed by atoms with E-state index in [9.17, 15) is 13.5 Å². The molecule has 1 aromatic rings. The second-order valence-electron chi connectivity index (χ2n) is 4.82. The average molecular weight is 270 g/mol. The van der Waals surface area contributed by atoms with Crippen LogP contribution >= 0.6 is 0 Å². The topological polar surface area (TPSA) is 69.6 Å². The molecule has 0 aromatic heterocycles. The van der Waals surface area contributed by atoms with Crippen LogP contribution in [-0.2, 0) is 10.0 Å². The van der Waals surface area contributed by atoms with Crippen molar-refractivity contribution in [3.8, 4) is 0 Å². The Kier molecular flexibility index (Phi) is 3.35. The number of nitrogens with one attached hydrogen (secondary N) is 1. The van der Waals surface area contributed by atoms with E-state index in [0.717, 1.165) is 0 Å². The Morgan fingerprint density at radius 1 is 1.39 bits per heavy atom. The van der Waals surface area contributed by atoms with Gasteiger partial charge < -0.3 is 10.0 Å². The van der Waals surface area contributed by atoms with Crippen molar-refractivity contribution < 1.29 is 13.5 Å². The Labute approximate surface area is 107 Å². The van der Waals surface area contributed by atoms with E-state index in [1.54, 1.807) is 38.1 Å². The number of anilines is 1. The summed E-state index contributed by atoms with van der Waals surface area (Å²) in [4.78, 5) is 2.13. The zero-order chi connectivity index (χ0) is 13.4. The minimum atomic E-state index is -3.47. The highest BCUT2D eigenvalue weighted by Gasteiger charge is 2.38. The first-order chi connectivity index (χ1) is 8.36. The van der Waals surface area contributed by atoms with Gasteiger partial charge in [0.25, 0.3) is 0 Å². The van der Waals surface area contributed by atoms with Crippen molar-refractivity contribution >= 4 is 15.7 Å². The molecule has 0 unspecified atom stereocenters. The van der Waals surface area contributed by atoms with Crippen molar-refractivity contribution in [2.75, 3.05) is 24.5 Å². The van der Waals surface area contributed by atoms with Crippen molar-refractivity contribution in [2.24, 2.45) is 0 Å². The van der Waals surface area contributed by atoms with Gasteiger partial charge in [0.15, 0.2) is 0 Å². The zero-order valence-electron chi connectivity index (χ0n) is 10.5. The van der Waals surface area contributed by atoms with Gasteiger partial charge in [0, 0.05) is 19.6 Å². The lowest BCUT2D eigenvalue weighted by Crippen LogP contribution is -2.60. The van der Waals surface area contributed by atoms with Crippen LogP contribution < -0.4 is 9.62 Å². The minimum absolute atomic E-state index is 0.266. The van der Waals surface area contributed by atoms with Crippen LogP contribution in [0.15, 0.2) is 29.2 Å². The molecule has 0 bridgehead atoms. The van der Waals surface area contributed by atoms with Gasteiger partial charge in [-0.15, -0.1) is 0 Å². The molecule has 0 aliphatic carbocycles. The van der Waals surface area contributed by atoms with Gasteiger partial charge in [-0.05, 0) is 19.1 Å². The lowest BCUT2D eigenvalue weighted by molar-refractivity contribution is 0.0307. The molecule has 100 valence electrons. The maximum absolute atomic E-state index is 12.1. The summed E-state index contributed by atoms with van der Waals surface area (Å²) in [6, 6.07) is 6.85. The first-order valence-corrected chi connectivity index (χ1v) is 7.40. The number of para-hydroxylation sites is 1. The number of rotatable bonds is 4. The van der Waals surface area contributed by atoms with Crippen molar-refractivity contribution in [2.45, 2.75) is 24.3 Å². The zero-order valence-corrected chi connectivity index (χ0v) is 11.4. The monoisotopic (exact) mass is 270 g/mol. The van der Waals surface area contributed by atoms with E-state index in [1.807, 2.05) is 4.90 Å². The van der Waals surface area contributed by atoms with E-state index in [4.69, 9.17) is 0 Å². The van der Waals surface area contributed by atoms with Crippen molar-refractivity contribution in [1.29, 1.82) is 0 Å². The van der Waals surface area contributed by atoms with Crippen LogP contribution in [0.4, 0.5) is 5.69 Å². The predicted molar refractivity (Wildman–Crippen MR) is 70.1 cm³/mol. The summed E-state index contributed by atoms with van der Waals surface area (Å²) in [5.41, 5.74) is -0.0836. The molecular weight excluding hydrogens is 252 g/mol. The van der Waals surface area contributed by atoms with Crippen molar-refractivity contribution in [3.05, 3.63) is 24.3 Å². The molecular formula is C12H18N2O3S. The highest BCUT2D eigenvalue weighted by molar-refractivity contribution is 7.89. The molecule has 1 aliphatic rings. The number of β-amino-alcohol motifs (C(OH)–C–C–N with tert-alkyl or cyclic N) is 1. The molecule has 1 fully saturated rings. The quantitative estimate of drug-likeness (QED) is 0.838. The Hall–Kier alpha value is -1.11. The molecule has 0 saturated carbocycles. The standard InChI is InChI=1S/C12H18N2O3S/c1-3-13-18(16,17)11-7-5-4-6-10(11)14-8-12(2,15)9-14/h4-7,13,15H,3,8-9H2,1-2H3. The fourth-order valence-electron chi connectivity index (χ4n) is 2.16. The fourth-order valence-corrected chi connectivity index (χ4v) is 3.43. The molecule has 2 N–H and O–H groups in total. The molecule has 1 heterocycles. The van der Waals surface area contributed by atoms with Crippen molar-refractivity contribution in [1.82, 2.24) is 4.72 Å². The molecule has 1 aromatic carbocycles. The lowest BCUT2D eigenvalue weighted by atomic mass is 9.96. The second-order valence-corrected chi connectivity index (χ2v) is 6.56. The highest BCUT2D eigenvalue weighted by Crippen LogP contribution is 2.32. The number of hydrogen-bond acceptors (Lipinski definition) is 4. The number of nitrogens with zero attached hydrogens (tertiary/aromatic N) is 1. The highest BCUT2D eigenvalue weighted by atomic mass is 32.2. The molecule has 5 nitrogen and oxygen atoms in total. The van der Waals surface area contributed by atoms with Crippen LogP contribution in [-0.4, -0.2) is 38.8 Å². The van der Waals surface area contributed by atoms with E-state index in [2.05, 4.69) is 4.72 Å². The molecule has 0 spiro atoms. The molecule has 0 radical (unpaired) electrons. The Bertz CT molecular complexity index is 532. The van der Waals surface area contributed by atoms with Gasteiger partial charge in [-0.3, -0.25) is 0 Å². The first-order valence-electron chi connectivity index (χ1n) is 5.92. The summed E-state index contributed by atoms with van der Waals surface area (Å²) < 4.78 is 26.6. The van der Waals surface area contributed by atoms with Crippen LogP contribution in [0, 0.1) is 0 Å². The summed E-state index contributed by atoms with van der Waals surface area (Å²) in [6.07, 6.45) is 0. The van der Waals surface area contributed by atoms with Crippen LogP contribution in [0.5, 0.6) is 0 Å². The SMILES string of the molecule is CCNS(=O)(=O)c1ccccc1N1CC(C)(O)C1. The third-order valence-electron chi connectivity index (χ3n) is 2.89. The first kappa shape index (κ1) is 13.3. The van der Waals surface area contributed by atoms with Crippen molar-refractivity contribution in [3.63, 3.8) is 0 Å². The van der Waals surface area contributed by atoms with Gasteiger partial charge in [-0.1, -0.05) is 19.1 Å². The van der Waals surface area contributed by atoms with Crippen LogP contribution in [0.1, 0.15) is 13.8 Å². The summed E-state index contributed by atoms with van der Waals surface area (Å²) in [7, 11) is -3.47. The normalized spacial score (nSPS) is 18.5. The summed E-state index contributed by atoms with van der Waals surface area (Å²) in [5, 5.41) is 9.74. The molecule has 0 amide bonds. The summed E-state index contributed by atoms with van der Waals surface area (Å²) in [6.45, 7) is 4.74. The van der Waals surface area contributed by atoms with E-state index in [0.29, 0.717) is 25.3 Å². The maximum Gasteiger partial charge on any atom is 0.242 e. The molecule has 6 heteroatoms. The lowest BCUT2D eigenvalue weighted by Gasteiger charge is -2.46. The fraction of sp³-hybridized carbons (Fsp3) is 0.500. The summed E-state index contributed by atoms with van der Waals surface area (Å²) in [5.74, 6) is 0. The molecule has 0 atom stereocenters. The van der Waals surface area contributed by atoms with Gasteiger partial charge >= 0.3 is 0 Å². The van der Waals surface area contributed by atoms with Gasteiger partial charge in [-0.25, -0.2) is 13.1 Å². The van der Waals surface area contributed by atoms with Gasteiger partial charge in [-0.2, -0.15) is 0 Å². The molecule has 1 saturated heterocycles. The minimum Gasteiger partial charge on any atom is -0.386 e. The second kappa shape index (κ2) is 4.53. The van der Waals surface area contributed by atoms with Crippen LogP contribution in [0.25, 0.3) is 0 Å². The van der Waals surface area contributed by atoms with E-state index in [1.165, 1.54) is 0 Å². The number of aliphatic hydroxyl groups is 1. The van der Waals surface area contributed by atoms with Gasteiger partial charge in [0.1, 0.15) is 4.90 Å². The maximum atomic E-state index is 12.1. The largest absolute Gasteiger partial charge is 0.386 e. The Morgan fingerprint density at radius 2 is 2.00 bits per heavy atom. The third kappa shape index (κ3) is 2.50. The summed E-state index contributed by atoms with van der Waals surface area (Å²) >= 11 is 0. The van der Waals surface area contributed by atoms with E-state index < -0.39 is 15.6 Å². The third-order valence-corrected chi connectivity index (χ3v) is 4.49. The van der Waals surface area contributed by atoms with Crippen LogP contribution in [0.2, 0.25) is 0 Å². The Morgan fingerprint density at radius 3 is 2.56 bits per heavy atom. The predicted octanol–water partition coefficient (Wildman–Crippen LogP) is 0.556. The van der Waals surface area contributed by atoms with E-state index >= 15 is 0 Å². The van der Waals surface area contributed by atoms with Crippen LogP contribution in [0.3, 0.4) is 0 Å². The Balaban J connectivity index is 2.33. The average Bonchev–Trinajstić information content (AvgIpc) is 2.26. The molecule has 1 aliphatic heterocycles. The van der Waals surface area contributed by atoms with Gasteiger partial charge in [0.2, 0.25) is 10.0 Å².